The van der Waals surface area contributed by atoms with E-state index in [0.717, 1.165) is 25.8 Å². The first-order chi connectivity index (χ1) is 10.9. The largest absolute Gasteiger partial charge is 0.495 e. The molecular formula is C16H21ClN2O4. The fourth-order valence-corrected chi connectivity index (χ4v) is 3.06. The van der Waals surface area contributed by atoms with Gasteiger partial charge in [0.25, 0.3) is 0 Å². The van der Waals surface area contributed by atoms with Crippen LogP contribution in [-0.4, -0.2) is 48.6 Å². The van der Waals surface area contributed by atoms with Crippen molar-refractivity contribution in [3.8, 4) is 5.75 Å². The average molecular weight is 341 g/mol. The Morgan fingerprint density at radius 3 is 2.74 bits per heavy atom. The first-order valence-electron chi connectivity index (χ1n) is 7.51. The summed E-state index contributed by atoms with van der Waals surface area (Å²) in [6, 6.07) is 3.26. The molecule has 126 valence electrons. The second kappa shape index (κ2) is 7.66. The van der Waals surface area contributed by atoms with Gasteiger partial charge in [-0.3, -0.25) is 9.69 Å². The van der Waals surface area contributed by atoms with Crippen molar-refractivity contribution >= 4 is 23.5 Å². The summed E-state index contributed by atoms with van der Waals surface area (Å²) in [6.07, 6.45) is 2.75. The molecule has 0 spiro atoms. The van der Waals surface area contributed by atoms with Gasteiger partial charge in [-0.15, -0.1) is 0 Å². The monoisotopic (exact) mass is 340 g/mol. The van der Waals surface area contributed by atoms with E-state index in [-0.39, 0.29) is 11.9 Å². The van der Waals surface area contributed by atoms with Crippen molar-refractivity contribution in [2.45, 2.75) is 31.3 Å². The molecular weight excluding hydrogens is 320 g/mol. The van der Waals surface area contributed by atoms with Crippen LogP contribution in [0.25, 0.3) is 0 Å². The van der Waals surface area contributed by atoms with Crippen molar-refractivity contribution in [1.29, 1.82) is 0 Å². The molecule has 2 rings (SSSR count). The average Bonchev–Trinajstić information content (AvgIpc) is 2.52. The molecule has 1 saturated heterocycles. The minimum Gasteiger partial charge on any atom is -0.495 e. The molecule has 0 aromatic heterocycles. The molecule has 1 aromatic rings. The Morgan fingerprint density at radius 2 is 2.17 bits per heavy atom. The highest BCUT2D eigenvalue weighted by Gasteiger charge is 2.30. The van der Waals surface area contributed by atoms with Crippen LogP contribution in [0.5, 0.6) is 5.75 Å². The highest BCUT2D eigenvalue weighted by atomic mass is 35.5. The van der Waals surface area contributed by atoms with Crippen molar-refractivity contribution in [2.75, 3.05) is 20.7 Å². The Labute approximate surface area is 140 Å². The fourth-order valence-electron chi connectivity index (χ4n) is 2.79. The van der Waals surface area contributed by atoms with Crippen LogP contribution in [0.2, 0.25) is 5.02 Å². The molecule has 1 aliphatic rings. The number of hydrogen-bond donors (Lipinski definition) is 2. The van der Waals surface area contributed by atoms with Crippen LogP contribution < -0.4 is 10.1 Å². The highest BCUT2D eigenvalue weighted by Crippen LogP contribution is 2.28. The van der Waals surface area contributed by atoms with E-state index >= 15 is 0 Å². The molecule has 0 bridgehead atoms. The van der Waals surface area contributed by atoms with Crippen molar-refractivity contribution in [1.82, 2.24) is 10.2 Å². The number of ether oxygens (including phenoxy) is 1. The predicted molar refractivity (Wildman–Crippen MR) is 86.8 cm³/mol. The van der Waals surface area contributed by atoms with E-state index in [2.05, 4.69) is 5.32 Å². The quantitative estimate of drug-likeness (QED) is 0.858. The van der Waals surface area contributed by atoms with E-state index in [9.17, 15) is 14.7 Å². The zero-order chi connectivity index (χ0) is 17.0. The SMILES string of the molecule is COc1ccc(C(NC(=O)[C@@H]2CCCCN2C)C(=O)O)cc1Cl. The van der Waals surface area contributed by atoms with Gasteiger partial charge in [0.2, 0.25) is 5.91 Å². The molecule has 23 heavy (non-hydrogen) atoms. The van der Waals surface area contributed by atoms with Gasteiger partial charge in [0.1, 0.15) is 5.75 Å². The van der Waals surface area contributed by atoms with Gasteiger partial charge in [-0.05, 0) is 44.1 Å². The third-order valence-electron chi connectivity index (χ3n) is 4.12. The van der Waals surface area contributed by atoms with Crippen LogP contribution in [0.1, 0.15) is 30.9 Å². The number of hydrogen-bond acceptors (Lipinski definition) is 4. The molecule has 1 unspecified atom stereocenters. The van der Waals surface area contributed by atoms with Gasteiger partial charge in [0.05, 0.1) is 18.2 Å². The standard InChI is InChI=1S/C16H21ClN2O4/c1-19-8-4-3-5-12(19)15(20)18-14(16(21)22)10-6-7-13(23-2)11(17)9-10/h6-7,9,12,14H,3-5,8H2,1-2H3,(H,18,20)(H,21,22)/t12-,14?/m0/s1. The van der Waals surface area contributed by atoms with Crippen LogP contribution in [0.3, 0.4) is 0 Å². The number of carboxylic acids is 1. The summed E-state index contributed by atoms with van der Waals surface area (Å²) in [5.41, 5.74) is 0.412. The number of piperidine rings is 1. The van der Waals surface area contributed by atoms with Crippen molar-refractivity contribution < 1.29 is 19.4 Å². The Hall–Kier alpha value is -1.79. The lowest BCUT2D eigenvalue weighted by molar-refractivity contribution is -0.143. The summed E-state index contributed by atoms with van der Waals surface area (Å²) in [7, 11) is 3.36. The number of amides is 1. The summed E-state index contributed by atoms with van der Waals surface area (Å²) >= 11 is 6.05. The minimum atomic E-state index is -1.14. The van der Waals surface area contributed by atoms with Gasteiger partial charge in [0, 0.05) is 0 Å². The van der Waals surface area contributed by atoms with Gasteiger partial charge in [-0.1, -0.05) is 24.1 Å². The number of halogens is 1. The van der Waals surface area contributed by atoms with E-state index in [4.69, 9.17) is 16.3 Å². The first kappa shape index (κ1) is 17.6. The predicted octanol–water partition coefficient (Wildman–Crippen LogP) is 2.07. The minimum absolute atomic E-state index is 0.272. The molecule has 7 heteroatoms. The van der Waals surface area contributed by atoms with Crippen LogP contribution in [0.4, 0.5) is 0 Å². The molecule has 2 N–H and O–H groups in total. The second-order valence-electron chi connectivity index (χ2n) is 5.67. The Kier molecular flexibility index (Phi) is 5.85. The molecule has 2 atom stereocenters. The zero-order valence-electron chi connectivity index (χ0n) is 13.2. The lowest BCUT2D eigenvalue weighted by Gasteiger charge is -2.32. The topological polar surface area (TPSA) is 78.9 Å². The molecule has 6 nitrogen and oxygen atoms in total. The Bertz CT molecular complexity index is 593. The molecule has 1 amide bonds. The molecule has 1 fully saturated rings. The zero-order valence-corrected chi connectivity index (χ0v) is 14.0. The Balaban J connectivity index is 2.17. The number of carbonyl (C=O) groups excluding carboxylic acids is 1. The van der Waals surface area contributed by atoms with Crippen molar-refractivity contribution in [3.05, 3.63) is 28.8 Å². The van der Waals surface area contributed by atoms with Gasteiger partial charge in [-0.2, -0.15) is 0 Å². The molecule has 1 aliphatic heterocycles. The van der Waals surface area contributed by atoms with E-state index in [0.29, 0.717) is 16.3 Å². The summed E-state index contributed by atoms with van der Waals surface area (Å²) in [6.45, 7) is 0.837. The Morgan fingerprint density at radius 1 is 1.43 bits per heavy atom. The number of rotatable bonds is 5. The van der Waals surface area contributed by atoms with Crippen LogP contribution in [-0.2, 0) is 9.59 Å². The summed E-state index contributed by atoms with van der Waals surface area (Å²) in [5.74, 6) is -0.942. The van der Waals surface area contributed by atoms with Crippen LogP contribution in [0.15, 0.2) is 18.2 Å². The number of carboxylic acid groups (broad SMARTS) is 1. The molecule has 0 radical (unpaired) electrons. The maximum absolute atomic E-state index is 12.4. The fraction of sp³-hybridized carbons (Fsp3) is 0.500. The summed E-state index contributed by atoms with van der Waals surface area (Å²) in [4.78, 5) is 26.0. The third kappa shape index (κ3) is 4.14. The number of likely N-dealkylation sites (tertiary alicyclic amines) is 1. The van der Waals surface area contributed by atoms with E-state index in [1.807, 2.05) is 11.9 Å². The second-order valence-corrected chi connectivity index (χ2v) is 6.07. The number of benzene rings is 1. The van der Waals surface area contributed by atoms with Gasteiger partial charge in [-0.25, -0.2) is 4.79 Å². The van der Waals surface area contributed by atoms with E-state index in [1.54, 1.807) is 12.1 Å². The molecule has 1 heterocycles. The number of nitrogens with one attached hydrogen (secondary N) is 1. The third-order valence-corrected chi connectivity index (χ3v) is 4.41. The molecule has 0 aliphatic carbocycles. The number of aliphatic carboxylic acids is 1. The van der Waals surface area contributed by atoms with Crippen LogP contribution in [0, 0.1) is 0 Å². The molecule has 0 saturated carbocycles. The first-order valence-corrected chi connectivity index (χ1v) is 7.88. The smallest absolute Gasteiger partial charge is 0.330 e. The van der Waals surface area contributed by atoms with Gasteiger partial charge < -0.3 is 15.2 Å². The van der Waals surface area contributed by atoms with Crippen LogP contribution >= 0.6 is 11.6 Å². The van der Waals surface area contributed by atoms with Gasteiger partial charge >= 0.3 is 5.97 Å². The number of methoxy groups -OCH3 is 1. The summed E-state index contributed by atoms with van der Waals surface area (Å²) < 4.78 is 5.06. The number of nitrogens with zero attached hydrogens (tertiary/aromatic N) is 1. The number of likely N-dealkylation sites (N-methyl/N-ethyl adjacent to an activating group) is 1. The lowest BCUT2D eigenvalue weighted by atomic mass is 10.0. The van der Waals surface area contributed by atoms with E-state index < -0.39 is 12.0 Å². The molecule has 1 aromatic carbocycles. The highest BCUT2D eigenvalue weighted by molar-refractivity contribution is 6.32. The maximum Gasteiger partial charge on any atom is 0.330 e. The lowest BCUT2D eigenvalue weighted by Crippen LogP contribution is -2.49. The van der Waals surface area contributed by atoms with Gasteiger partial charge in [0.15, 0.2) is 6.04 Å². The maximum atomic E-state index is 12.4. The van der Waals surface area contributed by atoms with Crippen molar-refractivity contribution in [3.63, 3.8) is 0 Å². The number of carbonyl (C=O) groups is 2. The van der Waals surface area contributed by atoms with Crippen molar-refractivity contribution in [2.24, 2.45) is 0 Å². The summed E-state index contributed by atoms with van der Waals surface area (Å²) in [5, 5.41) is 12.4. The normalized spacial score (nSPS) is 19.9. The van der Waals surface area contributed by atoms with E-state index in [1.165, 1.54) is 13.2 Å².